The number of halogens is 1. The fourth-order valence-corrected chi connectivity index (χ4v) is 1.63. The average Bonchev–Trinajstić information content (AvgIpc) is 2.50. The average molecular weight is 287 g/mol. The number of ether oxygens (including phenoxy) is 1. The maximum absolute atomic E-state index is 12.8. The predicted molar refractivity (Wildman–Crippen MR) is 76.3 cm³/mol. The van der Waals surface area contributed by atoms with Gasteiger partial charge in [-0.25, -0.2) is 9.18 Å². The molecule has 5 heteroatoms. The highest BCUT2D eigenvalue weighted by molar-refractivity contribution is 5.97. The number of anilines is 1. The molecule has 2 rings (SSSR count). The predicted octanol–water partition coefficient (Wildman–Crippen LogP) is 3.01. The molecule has 1 unspecified atom stereocenters. The van der Waals surface area contributed by atoms with Gasteiger partial charge in [-0.05, 0) is 43.3 Å². The van der Waals surface area contributed by atoms with E-state index in [0.29, 0.717) is 11.3 Å². The summed E-state index contributed by atoms with van der Waals surface area (Å²) >= 11 is 0. The van der Waals surface area contributed by atoms with Gasteiger partial charge in [-0.2, -0.15) is 0 Å². The van der Waals surface area contributed by atoms with Crippen molar-refractivity contribution < 1.29 is 18.7 Å². The molecule has 0 aromatic heterocycles. The number of carbonyl (C=O) groups excluding carboxylic acids is 2. The van der Waals surface area contributed by atoms with E-state index < -0.39 is 23.8 Å². The molecular weight excluding hydrogens is 273 g/mol. The number of benzene rings is 2. The van der Waals surface area contributed by atoms with E-state index in [0.717, 1.165) is 0 Å². The van der Waals surface area contributed by atoms with Gasteiger partial charge in [0.25, 0.3) is 5.91 Å². The second-order valence-electron chi connectivity index (χ2n) is 4.41. The van der Waals surface area contributed by atoms with Crippen molar-refractivity contribution in [2.24, 2.45) is 0 Å². The van der Waals surface area contributed by atoms with Gasteiger partial charge >= 0.3 is 5.97 Å². The fourth-order valence-electron chi connectivity index (χ4n) is 1.63. The van der Waals surface area contributed by atoms with Gasteiger partial charge in [-0.1, -0.05) is 18.2 Å². The van der Waals surface area contributed by atoms with Crippen molar-refractivity contribution in [3.05, 3.63) is 66.0 Å². The molecule has 0 aliphatic heterocycles. The molecule has 1 N–H and O–H groups in total. The molecule has 0 fully saturated rings. The lowest BCUT2D eigenvalue weighted by atomic mass is 10.2. The van der Waals surface area contributed by atoms with Crippen LogP contribution in [0, 0.1) is 5.82 Å². The third kappa shape index (κ3) is 4.14. The standard InChI is InChI=1S/C16H14FNO3/c1-11(21-16(20)12-5-3-2-4-6-12)15(19)18-14-9-7-13(17)8-10-14/h2-11H,1H3,(H,18,19). The number of nitrogens with one attached hydrogen (secondary N) is 1. The second-order valence-corrected chi connectivity index (χ2v) is 4.41. The Morgan fingerprint density at radius 1 is 1.05 bits per heavy atom. The molecule has 0 saturated heterocycles. The minimum absolute atomic E-state index is 0.374. The Balaban J connectivity index is 1.93. The lowest BCUT2D eigenvalue weighted by Crippen LogP contribution is -2.29. The third-order valence-corrected chi connectivity index (χ3v) is 2.77. The van der Waals surface area contributed by atoms with E-state index in [1.165, 1.54) is 31.2 Å². The first kappa shape index (κ1) is 14.7. The first-order valence-corrected chi connectivity index (χ1v) is 6.39. The fraction of sp³-hybridized carbons (Fsp3) is 0.125. The van der Waals surface area contributed by atoms with Gasteiger partial charge in [0.1, 0.15) is 5.82 Å². The van der Waals surface area contributed by atoms with Crippen molar-refractivity contribution in [1.29, 1.82) is 0 Å². The van der Waals surface area contributed by atoms with Gasteiger partial charge in [0.05, 0.1) is 5.56 Å². The Morgan fingerprint density at radius 2 is 1.67 bits per heavy atom. The lowest BCUT2D eigenvalue weighted by molar-refractivity contribution is -0.123. The largest absolute Gasteiger partial charge is 0.449 e. The molecule has 0 spiro atoms. The van der Waals surface area contributed by atoms with E-state index in [2.05, 4.69) is 5.32 Å². The van der Waals surface area contributed by atoms with Crippen LogP contribution in [0.1, 0.15) is 17.3 Å². The van der Waals surface area contributed by atoms with Gasteiger partial charge < -0.3 is 10.1 Å². The molecule has 0 bridgehead atoms. The van der Waals surface area contributed by atoms with E-state index in [9.17, 15) is 14.0 Å². The number of esters is 1. The van der Waals surface area contributed by atoms with Crippen LogP contribution in [0.2, 0.25) is 0 Å². The van der Waals surface area contributed by atoms with Gasteiger partial charge in [0, 0.05) is 5.69 Å². The molecule has 0 radical (unpaired) electrons. The zero-order chi connectivity index (χ0) is 15.2. The number of hydrogen-bond donors (Lipinski definition) is 1. The molecule has 108 valence electrons. The van der Waals surface area contributed by atoms with Crippen LogP contribution < -0.4 is 5.32 Å². The molecule has 0 heterocycles. The SMILES string of the molecule is CC(OC(=O)c1ccccc1)C(=O)Nc1ccc(F)cc1. The lowest BCUT2D eigenvalue weighted by Gasteiger charge is -2.13. The minimum Gasteiger partial charge on any atom is -0.449 e. The topological polar surface area (TPSA) is 55.4 Å². The normalized spacial score (nSPS) is 11.5. The summed E-state index contributed by atoms with van der Waals surface area (Å²) in [5.74, 6) is -1.44. The zero-order valence-corrected chi connectivity index (χ0v) is 11.4. The summed E-state index contributed by atoms with van der Waals surface area (Å²) in [6.45, 7) is 1.47. The summed E-state index contributed by atoms with van der Waals surface area (Å²) in [4.78, 5) is 23.7. The summed E-state index contributed by atoms with van der Waals surface area (Å²) in [5.41, 5.74) is 0.808. The Morgan fingerprint density at radius 3 is 2.29 bits per heavy atom. The highest BCUT2D eigenvalue weighted by atomic mass is 19.1. The van der Waals surface area contributed by atoms with Crippen LogP contribution in [0.5, 0.6) is 0 Å². The molecule has 2 aromatic carbocycles. The van der Waals surface area contributed by atoms with Crippen molar-refractivity contribution in [2.45, 2.75) is 13.0 Å². The number of rotatable bonds is 4. The van der Waals surface area contributed by atoms with Gasteiger partial charge in [0.2, 0.25) is 0 Å². The van der Waals surface area contributed by atoms with Crippen LogP contribution in [0.4, 0.5) is 10.1 Å². The summed E-state index contributed by atoms with van der Waals surface area (Å²) in [5, 5.41) is 2.54. The Bertz CT molecular complexity index is 626. The highest BCUT2D eigenvalue weighted by Gasteiger charge is 2.18. The summed E-state index contributed by atoms with van der Waals surface area (Å²) in [7, 11) is 0. The van der Waals surface area contributed by atoms with Crippen molar-refractivity contribution in [3.8, 4) is 0 Å². The Hall–Kier alpha value is -2.69. The second kappa shape index (κ2) is 6.65. The monoisotopic (exact) mass is 287 g/mol. The molecule has 0 saturated carbocycles. The maximum atomic E-state index is 12.8. The van der Waals surface area contributed by atoms with E-state index in [-0.39, 0.29) is 0 Å². The molecule has 0 aliphatic carbocycles. The van der Waals surface area contributed by atoms with Crippen LogP contribution in [-0.4, -0.2) is 18.0 Å². The van der Waals surface area contributed by atoms with E-state index in [4.69, 9.17) is 4.74 Å². The molecule has 2 aromatic rings. The van der Waals surface area contributed by atoms with Crippen LogP contribution >= 0.6 is 0 Å². The Kier molecular flexibility index (Phi) is 4.66. The Labute approximate surface area is 121 Å². The molecular formula is C16H14FNO3. The van der Waals surface area contributed by atoms with E-state index in [1.54, 1.807) is 30.3 Å². The van der Waals surface area contributed by atoms with Crippen LogP contribution in [0.3, 0.4) is 0 Å². The minimum atomic E-state index is -0.956. The molecule has 4 nitrogen and oxygen atoms in total. The van der Waals surface area contributed by atoms with E-state index in [1.807, 2.05) is 0 Å². The van der Waals surface area contributed by atoms with Gasteiger partial charge in [0.15, 0.2) is 6.10 Å². The summed E-state index contributed by atoms with van der Waals surface area (Å²) < 4.78 is 17.8. The zero-order valence-electron chi connectivity index (χ0n) is 11.4. The van der Waals surface area contributed by atoms with Gasteiger partial charge in [-0.15, -0.1) is 0 Å². The number of hydrogen-bond acceptors (Lipinski definition) is 3. The van der Waals surface area contributed by atoms with Crippen LogP contribution in [0.15, 0.2) is 54.6 Å². The first-order valence-electron chi connectivity index (χ1n) is 6.39. The summed E-state index contributed by atoms with van der Waals surface area (Å²) in [6, 6.07) is 13.7. The van der Waals surface area contributed by atoms with Crippen LogP contribution in [0.25, 0.3) is 0 Å². The van der Waals surface area contributed by atoms with Crippen LogP contribution in [-0.2, 0) is 9.53 Å². The number of amides is 1. The highest BCUT2D eigenvalue weighted by Crippen LogP contribution is 2.10. The first-order chi connectivity index (χ1) is 10.1. The smallest absolute Gasteiger partial charge is 0.338 e. The quantitative estimate of drug-likeness (QED) is 0.879. The number of carbonyl (C=O) groups is 2. The van der Waals surface area contributed by atoms with Crippen molar-refractivity contribution in [2.75, 3.05) is 5.32 Å². The van der Waals surface area contributed by atoms with Gasteiger partial charge in [-0.3, -0.25) is 4.79 Å². The van der Waals surface area contributed by atoms with Crippen molar-refractivity contribution in [1.82, 2.24) is 0 Å². The van der Waals surface area contributed by atoms with Crippen molar-refractivity contribution in [3.63, 3.8) is 0 Å². The molecule has 1 atom stereocenters. The molecule has 21 heavy (non-hydrogen) atoms. The third-order valence-electron chi connectivity index (χ3n) is 2.77. The molecule has 0 aliphatic rings. The summed E-state index contributed by atoms with van der Waals surface area (Å²) in [6.07, 6.45) is -0.956. The van der Waals surface area contributed by atoms with E-state index >= 15 is 0 Å². The van der Waals surface area contributed by atoms with Crippen molar-refractivity contribution >= 4 is 17.6 Å². The maximum Gasteiger partial charge on any atom is 0.338 e. The molecule has 1 amide bonds.